The number of rotatable bonds is 9. The first kappa shape index (κ1) is 23.2. The summed E-state index contributed by atoms with van der Waals surface area (Å²) < 4.78 is 5.20. The Labute approximate surface area is 210 Å². The summed E-state index contributed by atoms with van der Waals surface area (Å²) in [6.07, 6.45) is 3.53. The molecule has 0 saturated carbocycles. The number of nitrogens with zero attached hydrogens (tertiary/aromatic N) is 5. The zero-order valence-corrected chi connectivity index (χ0v) is 19.5. The number of nitro benzene ring substituents is 1. The number of nitro groups is 1. The molecule has 37 heavy (non-hydrogen) atoms. The Hall–Kier alpha value is -5.52. The number of anilines is 5. The van der Waals surface area contributed by atoms with Crippen LogP contribution in [0.5, 0.6) is 5.75 Å². The van der Waals surface area contributed by atoms with E-state index in [0.29, 0.717) is 5.69 Å². The standard InChI is InChI=1S/C25H21N9O3/c1-37-20-12-8-18(9-13-20)29-24-30-23(28-17-6-10-19(11-7-17)34(35)36)31-25(32-24)33-27-15-16-14-26-22-5-3-2-4-21(16)22/h2-15,26H,1H3,(H3,28,29,30,31,32,33)/b27-15-. The Morgan fingerprint density at radius 2 is 1.51 bits per heavy atom. The molecule has 12 nitrogen and oxygen atoms in total. The fourth-order valence-electron chi connectivity index (χ4n) is 3.50. The van der Waals surface area contributed by atoms with E-state index in [2.05, 4.69) is 41.1 Å². The van der Waals surface area contributed by atoms with Gasteiger partial charge in [0.05, 0.1) is 18.2 Å². The molecule has 0 unspecified atom stereocenters. The molecule has 0 fully saturated rings. The molecule has 2 aromatic heterocycles. The number of H-pyrrole nitrogens is 1. The third-order valence-corrected chi connectivity index (χ3v) is 5.31. The summed E-state index contributed by atoms with van der Waals surface area (Å²) in [5.41, 5.74) is 6.04. The van der Waals surface area contributed by atoms with E-state index in [1.165, 1.54) is 12.1 Å². The molecule has 0 aliphatic carbocycles. The molecule has 12 heteroatoms. The van der Waals surface area contributed by atoms with Crippen LogP contribution in [0, 0.1) is 10.1 Å². The number of methoxy groups -OCH3 is 1. The molecular formula is C25H21N9O3. The lowest BCUT2D eigenvalue weighted by Gasteiger charge is -2.10. The second kappa shape index (κ2) is 10.4. The highest BCUT2D eigenvalue weighted by atomic mass is 16.6. The number of nitrogens with one attached hydrogen (secondary N) is 4. The van der Waals surface area contributed by atoms with Crippen molar-refractivity contribution in [1.82, 2.24) is 19.9 Å². The van der Waals surface area contributed by atoms with Gasteiger partial charge in [0.15, 0.2) is 0 Å². The van der Waals surface area contributed by atoms with Gasteiger partial charge in [-0.3, -0.25) is 10.1 Å². The van der Waals surface area contributed by atoms with Gasteiger partial charge in [-0.1, -0.05) is 18.2 Å². The van der Waals surface area contributed by atoms with Crippen molar-refractivity contribution < 1.29 is 9.66 Å². The van der Waals surface area contributed by atoms with Gasteiger partial charge in [-0.2, -0.15) is 20.1 Å². The van der Waals surface area contributed by atoms with Crippen molar-refractivity contribution in [3.8, 4) is 5.75 Å². The molecule has 5 aromatic rings. The molecule has 184 valence electrons. The van der Waals surface area contributed by atoms with E-state index >= 15 is 0 Å². The van der Waals surface area contributed by atoms with Gasteiger partial charge in [0.1, 0.15) is 5.75 Å². The van der Waals surface area contributed by atoms with Gasteiger partial charge in [-0.15, -0.1) is 0 Å². The first-order chi connectivity index (χ1) is 18.1. The number of para-hydroxylation sites is 1. The molecule has 4 N–H and O–H groups in total. The van der Waals surface area contributed by atoms with Gasteiger partial charge < -0.3 is 20.4 Å². The third kappa shape index (κ3) is 5.59. The predicted molar refractivity (Wildman–Crippen MR) is 142 cm³/mol. The van der Waals surface area contributed by atoms with Crippen molar-refractivity contribution in [3.63, 3.8) is 0 Å². The van der Waals surface area contributed by atoms with E-state index in [0.717, 1.165) is 27.9 Å². The topological polar surface area (TPSA) is 155 Å². The minimum absolute atomic E-state index is 0.0166. The summed E-state index contributed by atoms with van der Waals surface area (Å²) in [6, 6.07) is 21.1. The highest BCUT2D eigenvalue weighted by Crippen LogP contribution is 2.22. The van der Waals surface area contributed by atoms with Crippen LogP contribution in [0.4, 0.5) is 34.9 Å². The zero-order chi connectivity index (χ0) is 25.6. The number of hydrogen-bond acceptors (Lipinski definition) is 10. The fraction of sp³-hybridized carbons (Fsp3) is 0.0400. The van der Waals surface area contributed by atoms with Gasteiger partial charge in [-0.25, -0.2) is 5.43 Å². The lowest BCUT2D eigenvalue weighted by Crippen LogP contribution is -2.07. The molecule has 5 rings (SSSR count). The quantitative estimate of drug-likeness (QED) is 0.123. The number of hydrogen-bond donors (Lipinski definition) is 4. The molecular weight excluding hydrogens is 474 g/mol. The first-order valence-electron chi connectivity index (χ1n) is 11.1. The summed E-state index contributed by atoms with van der Waals surface area (Å²) >= 11 is 0. The van der Waals surface area contributed by atoms with Crippen LogP contribution in [-0.2, 0) is 0 Å². The van der Waals surface area contributed by atoms with Crippen molar-refractivity contribution in [2.75, 3.05) is 23.2 Å². The normalized spacial score (nSPS) is 10.9. The molecule has 0 saturated heterocycles. The Bertz CT molecular complexity index is 1570. The summed E-state index contributed by atoms with van der Waals surface area (Å²) in [6.45, 7) is 0. The highest BCUT2D eigenvalue weighted by Gasteiger charge is 2.10. The molecule has 0 amide bonds. The number of ether oxygens (including phenoxy) is 1. The molecule has 3 aromatic carbocycles. The fourth-order valence-corrected chi connectivity index (χ4v) is 3.50. The van der Waals surface area contributed by atoms with Crippen LogP contribution in [-0.4, -0.2) is 38.2 Å². The smallest absolute Gasteiger partial charge is 0.269 e. The Kier molecular flexibility index (Phi) is 6.53. The monoisotopic (exact) mass is 495 g/mol. The lowest BCUT2D eigenvalue weighted by molar-refractivity contribution is -0.384. The molecule has 0 aliphatic heterocycles. The van der Waals surface area contributed by atoms with Gasteiger partial charge in [0.2, 0.25) is 17.8 Å². The van der Waals surface area contributed by atoms with E-state index in [1.807, 2.05) is 54.7 Å². The average molecular weight is 496 g/mol. The van der Waals surface area contributed by atoms with Crippen LogP contribution in [0.3, 0.4) is 0 Å². The summed E-state index contributed by atoms with van der Waals surface area (Å²) in [5.74, 6) is 1.38. The van der Waals surface area contributed by atoms with Gasteiger partial charge >= 0.3 is 0 Å². The van der Waals surface area contributed by atoms with Crippen LogP contribution in [0.15, 0.2) is 84.1 Å². The van der Waals surface area contributed by atoms with E-state index in [9.17, 15) is 10.1 Å². The van der Waals surface area contributed by atoms with E-state index in [4.69, 9.17) is 4.74 Å². The Morgan fingerprint density at radius 3 is 2.16 bits per heavy atom. The summed E-state index contributed by atoms with van der Waals surface area (Å²) in [5, 5.41) is 22.4. The maximum atomic E-state index is 10.9. The molecule has 2 heterocycles. The Morgan fingerprint density at radius 1 is 0.892 bits per heavy atom. The van der Waals surface area contributed by atoms with Crippen LogP contribution < -0.4 is 20.8 Å². The van der Waals surface area contributed by atoms with Crippen molar-refractivity contribution in [2.24, 2.45) is 5.10 Å². The number of benzene rings is 3. The van der Waals surface area contributed by atoms with E-state index < -0.39 is 4.92 Å². The van der Waals surface area contributed by atoms with Crippen LogP contribution in [0.25, 0.3) is 10.9 Å². The van der Waals surface area contributed by atoms with Crippen molar-refractivity contribution in [2.45, 2.75) is 0 Å². The molecule has 0 bridgehead atoms. The zero-order valence-electron chi connectivity index (χ0n) is 19.5. The summed E-state index contributed by atoms with van der Waals surface area (Å²) in [4.78, 5) is 26.9. The second-order valence-electron chi connectivity index (χ2n) is 7.75. The van der Waals surface area contributed by atoms with Gasteiger partial charge in [0.25, 0.3) is 5.69 Å². The molecule has 0 atom stereocenters. The predicted octanol–water partition coefficient (Wildman–Crippen LogP) is 5.20. The summed E-state index contributed by atoms with van der Waals surface area (Å²) in [7, 11) is 1.60. The number of fused-ring (bicyclic) bond motifs is 1. The third-order valence-electron chi connectivity index (χ3n) is 5.31. The van der Waals surface area contributed by atoms with Crippen molar-refractivity contribution in [1.29, 1.82) is 0 Å². The van der Waals surface area contributed by atoms with Gasteiger partial charge in [-0.05, 0) is 42.5 Å². The van der Waals surface area contributed by atoms with Gasteiger partial charge in [0, 0.05) is 46.2 Å². The molecule has 0 aliphatic rings. The first-order valence-corrected chi connectivity index (χ1v) is 11.1. The Balaban J connectivity index is 1.40. The number of non-ortho nitro benzene ring substituents is 1. The molecule has 0 radical (unpaired) electrons. The van der Waals surface area contributed by atoms with Crippen LogP contribution in [0.2, 0.25) is 0 Å². The van der Waals surface area contributed by atoms with E-state index in [1.54, 1.807) is 25.5 Å². The SMILES string of the molecule is COc1ccc(Nc2nc(N/N=C\c3c[nH]c4ccccc34)nc(Nc3ccc([N+](=O)[O-])cc3)n2)cc1. The second-order valence-corrected chi connectivity index (χ2v) is 7.75. The number of aromatic amines is 1. The van der Waals surface area contributed by atoms with Crippen LogP contribution in [0.1, 0.15) is 5.56 Å². The maximum Gasteiger partial charge on any atom is 0.269 e. The molecule has 0 spiro atoms. The average Bonchev–Trinajstić information content (AvgIpc) is 3.32. The highest BCUT2D eigenvalue weighted by molar-refractivity contribution is 5.99. The largest absolute Gasteiger partial charge is 0.497 e. The van der Waals surface area contributed by atoms with Crippen molar-refractivity contribution >= 4 is 52.0 Å². The minimum atomic E-state index is -0.461. The maximum absolute atomic E-state index is 10.9. The van der Waals surface area contributed by atoms with E-state index in [-0.39, 0.29) is 23.5 Å². The number of hydrazone groups is 1. The van der Waals surface area contributed by atoms with Crippen LogP contribution >= 0.6 is 0 Å². The number of aromatic nitrogens is 4. The lowest BCUT2D eigenvalue weighted by atomic mass is 10.2. The minimum Gasteiger partial charge on any atom is -0.497 e. The van der Waals surface area contributed by atoms with Crippen molar-refractivity contribution in [3.05, 3.63) is 94.7 Å².